The summed E-state index contributed by atoms with van der Waals surface area (Å²) in [4.78, 5) is 10.9. The zero-order valence-electron chi connectivity index (χ0n) is 13.3. The monoisotopic (exact) mass is 294 g/mol. The summed E-state index contributed by atoms with van der Waals surface area (Å²) in [6.45, 7) is 8.28. The Labute approximate surface area is 126 Å². The largest absolute Gasteiger partial charge is 0.491 e. The van der Waals surface area contributed by atoms with Gasteiger partial charge in [-0.05, 0) is 51.0 Å². The van der Waals surface area contributed by atoms with Gasteiger partial charge in [0.25, 0.3) is 0 Å². The molecule has 5 heteroatoms. The number of aliphatic hydroxyl groups excluding tert-OH is 1. The second-order valence-electron chi connectivity index (χ2n) is 6.20. The summed E-state index contributed by atoms with van der Waals surface area (Å²) in [5, 5.41) is 13.1. The molecule has 118 valence electrons. The minimum atomic E-state index is -0.655. The van der Waals surface area contributed by atoms with Crippen LogP contribution < -0.4 is 15.8 Å². The highest BCUT2D eigenvalue weighted by Gasteiger charge is 2.21. The standard InChI is InChI=1S/C16H26N2O3/c1-11-5-12(2)7-14(6-11)21-10-13(19)9-18-16(3,4)8-15(17)20/h5-7,13,18-19H,8-10H2,1-4H3,(H2,17,20). The predicted octanol–water partition coefficient (Wildman–Crippen LogP) is 1.29. The fraction of sp³-hybridized carbons (Fsp3) is 0.562. The summed E-state index contributed by atoms with van der Waals surface area (Å²) in [6, 6.07) is 5.94. The van der Waals surface area contributed by atoms with E-state index in [2.05, 4.69) is 11.4 Å². The maximum atomic E-state index is 10.9. The highest BCUT2D eigenvalue weighted by Crippen LogP contribution is 2.16. The van der Waals surface area contributed by atoms with Gasteiger partial charge in [0.05, 0.1) is 0 Å². The van der Waals surface area contributed by atoms with Gasteiger partial charge in [0.15, 0.2) is 0 Å². The van der Waals surface area contributed by atoms with Gasteiger partial charge in [-0.3, -0.25) is 4.79 Å². The number of β-amino-alcohol motifs (C(OH)–C–C–N with tert-alkyl or cyclic N) is 1. The fourth-order valence-electron chi connectivity index (χ4n) is 2.16. The van der Waals surface area contributed by atoms with Crippen LogP contribution >= 0.6 is 0 Å². The van der Waals surface area contributed by atoms with Crippen molar-refractivity contribution >= 4 is 5.91 Å². The molecule has 0 saturated heterocycles. The molecule has 0 fully saturated rings. The van der Waals surface area contributed by atoms with Gasteiger partial charge in [0.1, 0.15) is 18.5 Å². The third-order valence-corrected chi connectivity index (χ3v) is 3.07. The molecule has 5 nitrogen and oxygen atoms in total. The van der Waals surface area contributed by atoms with Gasteiger partial charge in [-0.25, -0.2) is 0 Å². The second kappa shape index (κ2) is 7.43. The van der Waals surface area contributed by atoms with E-state index in [1.165, 1.54) is 0 Å². The molecule has 0 saturated carbocycles. The van der Waals surface area contributed by atoms with E-state index in [0.29, 0.717) is 6.54 Å². The average molecular weight is 294 g/mol. The predicted molar refractivity (Wildman–Crippen MR) is 83.3 cm³/mol. The normalized spacial score (nSPS) is 13.0. The van der Waals surface area contributed by atoms with E-state index in [4.69, 9.17) is 10.5 Å². The fourth-order valence-corrected chi connectivity index (χ4v) is 2.16. The van der Waals surface area contributed by atoms with Crippen LogP contribution in [0.25, 0.3) is 0 Å². The number of ether oxygens (including phenoxy) is 1. The molecule has 1 amide bonds. The first-order chi connectivity index (χ1) is 9.68. The Morgan fingerprint density at radius 1 is 1.33 bits per heavy atom. The van der Waals surface area contributed by atoms with Crippen molar-refractivity contribution in [2.24, 2.45) is 5.73 Å². The number of nitrogens with two attached hydrogens (primary N) is 1. The minimum absolute atomic E-state index is 0.197. The maximum Gasteiger partial charge on any atom is 0.219 e. The number of hydrogen-bond donors (Lipinski definition) is 3. The molecule has 1 unspecified atom stereocenters. The summed E-state index contributed by atoms with van der Waals surface area (Å²) in [6.07, 6.45) is -0.435. The topological polar surface area (TPSA) is 84.6 Å². The lowest BCUT2D eigenvalue weighted by atomic mass is 10.0. The highest BCUT2D eigenvalue weighted by atomic mass is 16.5. The Bertz CT molecular complexity index is 466. The lowest BCUT2D eigenvalue weighted by Crippen LogP contribution is -2.46. The Kier molecular flexibility index (Phi) is 6.18. The molecule has 0 bridgehead atoms. The van der Waals surface area contributed by atoms with Crippen LogP contribution in [0.3, 0.4) is 0 Å². The quantitative estimate of drug-likeness (QED) is 0.674. The molecule has 1 aromatic rings. The first-order valence-corrected chi connectivity index (χ1v) is 7.10. The van der Waals surface area contributed by atoms with Gasteiger partial charge in [-0.1, -0.05) is 6.07 Å². The molecule has 0 heterocycles. The molecular weight excluding hydrogens is 268 g/mol. The minimum Gasteiger partial charge on any atom is -0.491 e. The lowest BCUT2D eigenvalue weighted by molar-refractivity contribution is -0.119. The van der Waals surface area contributed by atoms with E-state index in [1.807, 2.05) is 39.8 Å². The SMILES string of the molecule is Cc1cc(C)cc(OCC(O)CNC(C)(C)CC(N)=O)c1. The molecular formula is C16H26N2O3. The Morgan fingerprint density at radius 2 is 1.90 bits per heavy atom. The summed E-state index contributed by atoms with van der Waals surface area (Å²) >= 11 is 0. The first kappa shape index (κ1) is 17.5. The van der Waals surface area contributed by atoms with Crippen molar-refractivity contribution in [3.05, 3.63) is 29.3 Å². The molecule has 0 aliphatic rings. The average Bonchev–Trinajstić information content (AvgIpc) is 2.31. The van der Waals surface area contributed by atoms with Crippen LogP contribution in [-0.4, -0.2) is 35.8 Å². The molecule has 0 radical (unpaired) electrons. The van der Waals surface area contributed by atoms with E-state index in [0.717, 1.165) is 16.9 Å². The highest BCUT2D eigenvalue weighted by molar-refractivity contribution is 5.74. The maximum absolute atomic E-state index is 10.9. The van der Waals surface area contributed by atoms with Crippen molar-refractivity contribution in [3.63, 3.8) is 0 Å². The first-order valence-electron chi connectivity index (χ1n) is 7.10. The van der Waals surface area contributed by atoms with Gasteiger partial charge in [0, 0.05) is 18.5 Å². The molecule has 0 aliphatic heterocycles. The number of amides is 1. The van der Waals surface area contributed by atoms with Gasteiger partial charge in [-0.15, -0.1) is 0 Å². The Balaban J connectivity index is 2.40. The van der Waals surface area contributed by atoms with Gasteiger partial charge in [-0.2, -0.15) is 0 Å². The van der Waals surface area contributed by atoms with E-state index in [9.17, 15) is 9.90 Å². The molecule has 4 N–H and O–H groups in total. The molecule has 21 heavy (non-hydrogen) atoms. The number of hydrogen-bond acceptors (Lipinski definition) is 4. The van der Waals surface area contributed by atoms with Crippen LogP contribution in [0, 0.1) is 13.8 Å². The van der Waals surface area contributed by atoms with Crippen LogP contribution in [0.2, 0.25) is 0 Å². The zero-order chi connectivity index (χ0) is 16.0. The number of carbonyl (C=O) groups excluding carboxylic acids is 1. The number of rotatable bonds is 8. The smallest absolute Gasteiger partial charge is 0.219 e. The molecule has 1 aromatic carbocycles. The van der Waals surface area contributed by atoms with Crippen molar-refractivity contribution in [2.75, 3.05) is 13.2 Å². The summed E-state index contributed by atoms with van der Waals surface area (Å²) < 4.78 is 5.59. The molecule has 1 atom stereocenters. The van der Waals surface area contributed by atoms with E-state index in [-0.39, 0.29) is 18.9 Å². The van der Waals surface area contributed by atoms with Crippen LogP contribution in [0.1, 0.15) is 31.4 Å². The Morgan fingerprint density at radius 3 is 2.43 bits per heavy atom. The van der Waals surface area contributed by atoms with Crippen LogP contribution in [0.15, 0.2) is 18.2 Å². The van der Waals surface area contributed by atoms with Gasteiger partial charge >= 0.3 is 0 Å². The molecule has 0 spiro atoms. The van der Waals surface area contributed by atoms with Crippen molar-refractivity contribution in [1.82, 2.24) is 5.32 Å². The summed E-state index contributed by atoms with van der Waals surface area (Å²) in [5.74, 6) is 0.386. The number of aliphatic hydroxyl groups is 1. The Hall–Kier alpha value is -1.59. The van der Waals surface area contributed by atoms with Crippen molar-refractivity contribution < 1.29 is 14.6 Å². The number of nitrogens with one attached hydrogen (secondary N) is 1. The van der Waals surface area contributed by atoms with E-state index in [1.54, 1.807) is 0 Å². The van der Waals surface area contributed by atoms with E-state index < -0.39 is 11.6 Å². The number of benzene rings is 1. The molecule has 1 rings (SSSR count). The third-order valence-electron chi connectivity index (χ3n) is 3.07. The van der Waals surface area contributed by atoms with Crippen molar-refractivity contribution in [3.8, 4) is 5.75 Å². The van der Waals surface area contributed by atoms with Crippen molar-refractivity contribution in [2.45, 2.75) is 45.8 Å². The van der Waals surface area contributed by atoms with Crippen LogP contribution in [0.5, 0.6) is 5.75 Å². The van der Waals surface area contributed by atoms with Crippen LogP contribution in [-0.2, 0) is 4.79 Å². The summed E-state index contributed by atoms with van der Waals surface area (Å²) in [7, 11) is 0. The second-order valence-corrected chi connectivity index (χ2v) is 6.20. The number of aryl methyl sites for hydroxylation is 2. The van der Waals surface area contributed by atoms with Gasteiger partial charge in [0.2, 0.25) is 5.91 Å². The third kappa shape index (κ3) is 7.11. The number of primary amides is 1. The van der Waals surface area contributed by atoms with E-state index >= 15 is 0 Å². The van der Waals surface area contributed by atoms with Crippen molar-refractivity contribution in [1.29, 1.82) is 0 Å². The lowest BCUT2D eigenvalue weighted by Gasteiger charge is -2.26. The molecule has 0 aliphatic carbocycles. The molecule has 0 aromatic heterocycles. The van der Waals surface area contributed by atoms with Crippen LogP contribution in [0.4, 0.5) is 0 Å². The zero-order valence-corrected chi connectivity index (χ0v) is 13.3. The summed E-state index contributed by atoms with van der Waals surface area (Å²) in [5.41, 5.74) is 6.99. The van der Waals surface area contributed by atoms with Gasteiger partial charge < -0.3 is 20.9 Å². The number of carbonyl (C=O) groups is 1.